The number of carbonyl (C=O) groups excluding carboxylic acids is 1. The Bertz CT molecular complexity index is 693. The summed E-state index contributed by atoms with van der Waals surface area (Å²) in [5, 5.41) is 11.2. The molecule has 0 radical (unpaired) electrons. The average molecular weight is 325 g/mol. The second-order valence-corrected chi connectivity index (χ2v) is 6.02. The summed E-state index contributed by atoms with van der Waals surface area (Å²) in [6, 6.07) is 11.2. The van der Waals surface area contributed by atoms with Crippen molar-refractivity contribution in [2.75, 3.05) is 42.9 Å². The van der Waals surface area contributed by atoms with Crippen molar-refractivity contribution < 1.29 is 4.79 Å². The Labute approximate surface area is 142 Å². The number of carbonyl (C=O) groups is 1. The van der Waals surface area contributed by atoms with Crippen molar-refractivity contribution in [3.63, 3.8) is 0 Å². The predicted molar refractivity (Wildman–Crippen MR) is 95.5 cm³/mol. The highest BCUT2D eigenvalue weighted by Gasteiger charge is 2.17. The third-order valence-electron chi connectivity index (χ3n) is 4.32. The molecule has 126 valence electrons. The third-order valence-corrected chi connectivity index (χ3v) is 4.32. The van der Waals surface area contributed by atoms with Gasteiger partial charge in [-0.3, -0.25) is 4.79 Å². The number of nitrogens with one attached hydrogen (secondary N) is 1. The fourth-order valence-electron chi connectivity index (χ4n) is 2.83. The van der Waals surface area contributed by atoms with E-state index in [9.17, 15) is 4.79 Å². The largest absolute Gasteiger partial charge is 0.353 e. The fourth-order valence-corrected chi connectivity index (χ4v) is 2.83. The molecule has 0 aliphatic carbocycles. The molecule has 2 heterocycles. The number of piperazine rings is 1. The molecule has 1 amide bonds. The van der Waals surface area contributed by atoms with Gasteiger partial charge in [-0.05, 0) is 37.7 Å². The number of anilines is 2. The van der Waals surface area contributed by atoms with Crippen LogP contribution in [0.5, 0.6) is 0 Å². The molecule has 1 aromatic heterocycles. The van der Waals surface area contributed by atoms with Crippen molar-refractivity contribution in [1.29, 1.82) is 0 Å². The van der Waals surface area contributed by atoms with Gasteiger partial charge < -0.3 is 15.1 Å². The average Bonchev–Trinajstić information content (AvgIpc) is 2.62. The van der Waals surface area contributed by atoms with E-state index < -0.39 is 0 Å². The van der Waals surface area contributed by atoms with Crippen LogP contribution < -0.4 is 10.2 Å². The number of hydrogen-bond donors (Lipinski definition) is 1. The monoisotopic (exact) mass is 325 g/mol. The normalized spacial score (nSPS) is 15.3. The molecule has 1 aliphatic rings. The quantitative estimate of drug-likeness (QED) is 0.933. The van der Waals surface area contributed by atoms with Crippen molar-refractivity contribution >= 4 is 17.5 Å². The van der Waals surface area contributed by atoms with Gasteiger partial charge in [0.2, 0.25) is 0 Å². The van der Waals surface area contributed by atoms with E-state index in [2.05, 4.69) is 32.2 Å². The van der Waals surface area contributed by atoms with E-state index in [1.54, 1.807) is 6.07 Å². The standard InChI is InChI=1S/C18H23N5O/c1-3-22-9-11-23(12-10-22)17-8-7-16(20-21-17)19-18(24)15-6-4-5-14(2)13-15/h4-8,13H,3,9-12H2,1-2H3,(H,19,20,24). The number of aromatic nitrogens is 2. The molecule has 1 saturated heterocycles. The first kappa shape index (κ1) is 16.4. The van der Waals surface area contributed by atoms with Crippen LogP contribution in [0.2, 0.25) is 0 Å². The van der Waals surface area contributed by atoms with E-state index in [1.165, 1.54) is 0 Å². The second-order valence-electron chi connectivity index (χ2n) is 6.02. The first-order valence-electron chi connectivity index (χ1n) is 8.35. The van der Waals surface area contributed by atoms with Crippen LogP contribution in [0.25, 0.3) is 0 Å². The molecule has 1 fully saturated rings. The number of rotatable bonds is 4. The zero-order valence-electron chi connectivity index (χ0n) is 14.2. The van der Waals surface area contributed by atoms with E-state index in [4.69, 9.17) is 0 Å². The number of hydrogen-bond acceptors (Lipinski definition) is 5. The molecular formula is C18H23N5O. The van der Waals surface area contributed by atoms with Gasteiger partial charge >= 0.3 is 0 Å². The topological polar surface area (TPSA) is 61.4 Å². The molecule has 0 saturated carbocycles. The van der Waals surface area contributed by atoms with Gasteiger partial charge in [-0.1, -0.05) is 24.6 Å². The lowest BCUT2D eigenvalue weighted by atomic mass is 10.1. The zero-order chi connectivity index (χ0) is 16.9. The van der Waals surface area contributed by atoms with Crippen molar-refractivity contribution in [3.8, 4) is 0 Å². The molecule has 2 aromatic rings. The molecule has 0 unspecified atom stereocenters. The summed E-state index contributed by atoms with van der Waals surface area (Å²) < 4.78 is 0. The molecule has 6 heteroatoms. The number of aryl methyl sites for hydroxylation is 1. The highest BCUT2D eigenvalue weighted by atomic mass is 16.1. The molecule has 0 atom stereocenters. The molecule has 0 bridgehead atoms. The summed E-state index contributed by atoms with van der Waals surface area (Å²) in [5.41, 5.74) is 1.67. The van der Waals surface area contributed by atoms with Gasteiger partial charge in [-0.25, -0.2) is 0 Å². The summed E-state index contributed by atoms with van der Waals surface area (Å²) in [6.07, 6.45) is 0. The second kappa shape index (κ2) is 7.40. The summed E-state index contributed by atoms with van der Waals surface area (Å²) >= 11 is 0. The van der Waals surface area contributed by atoms with E-state index >= 15 is 0 Å². The van der Waals surface area contributed by atoms with Crippen LogP contribution in [-0.2, 0) is 0 Å². The Morgan fingerprint density at radius 2 is 1.92 bits per heavy atom. The zero-order valence-corrected chi connectivity index (χ0v) is 14.2. The van der Waals surface area contributed by atoms with E-state index in [-0.39, 0.29) is 5.91 Å². The van der Waals surface area contributed by atoms with Gasteiger partial charge in [0.05, 0.1) is 0 Å². The summed E-state index contributed by atoms with van der Waals surface area (Å²) in [4.78, 5) is 16.9. The molecule has 1 aromatic carbocycles. The SMILES string of the molecule is CCN1CCN(c2ccc(NC(=O)c3cccc(C)c3)nn2)CC1. The number of benzene rings is 1. The van der Waals surface area contributed by atoms with E-state index in [0.29, 0.717) is 11.4 Å². The Balaban J connectivity index is 1.61. The number of likely N-dealkylation sites (N-methyl/N-ethyl adjacent to an activating group) is 1. The Morgan fingerprint density at radius 1 is 1.12 bits per heavy atom. The first-order valence-corrected chi connectivity index (χ1v) is 8.35. The minimum atomic E-state index is -0.169. The highest BCUT2D eigenvalue weighted by Crippen LogP contribution is 2.15. The van der Waals surface area contributed by atoms with Gasteiger partial charge in [0.15, 0.2) is 11.6 Å². The minimum absolute atomic E-state index is 0.169. The maximum absolute atomic E-state index is 12.2. The van der Waals surface area contributed by atoms with Crippen molar-refractivity contribution in [3.05, 3.63) is 47.5 Å². The van der Waals surface area contributed by atoms with Crippen LogP contribution >= 0.6 is 0 Å². The number of amides is 1. The molecule has 24 heavy (non-hydrogen) atoms. The van der Waals surface area contributed by atoms with Crippen LogP contribution in [0.15, 0.2) is 36.4 Å². The molecule has 6 nitrogen and oxygen atoms in total. The van der Waals surface area contributed by atoms with E-state index in [1.807, 2.05) is 37.3 Å². The smallest absolute Gasteiger partial charge is 0.256 e. The molecule has 3 rings (SSSR count). The van der Waals surface area contributed by atoms with Gasteiger partial charge in [-0.2, -0.15) is 0 Å². The summed E-state index contributed by atoms with van der Waals surface area (Å²) in [7, 11) is 0. The molecule has 1 N–H and O–H groups in total. The van der Waals surface area contributed by atoms with Gasteiger partial charge in [0.1, 0.15) is 0 Å². The lowest BCUT2D eigenvalue weighted by Crippen LogP contribution is -2.46. The molecular weight excluding hydrogens is 302 g/mol. The maximum atomic E-state index is 12.2. The number of nitrogens with zero attached hydrogens (tertiary/aromatic N) is 4. The van der Waals surface area contributed by atoms with Crippen molar-refractivity contribution in [1.82, 2.24) is 15.1 Å². The molecule has 1 aliphatic heterocycles. The van der Waals surface area contributed by atoms with Crippen LogP contribution in [0.4, 0.5) is 11.6 Å². The van der Waals surface area contributed by atoms with Crippen LogP contribution in [0, 0.1) is 6.92 Å². The van der Waals surface area contributed by atoms with E-state index in [0.717, 1.165) is 44.1 Å². The Kier molecular flexibility index (Phi) is 5.05. The lowest BCUT2D eigenvalue weighted by molar-refractivity contribution is 0.102. The highest BCUT2D eigenvalue weighted by molar-refractivity contribution is 6.03. The Hall–Kier alpha value is -2.47. The predicted octanol–water partition coefficient (Wildman–Crippen LogP) is 2.18. The van der Waals surface area contributed by atoms with Crippen molar-refractivity contribution in [2.45, 2.75) is 13.8 Å². The van der Waals surface area contributed by atoms with Gasteiger partial charge in [0.25, 0.3) is 5.91 Å². The van der Waals surface area contributed by atoms with Crippen molar-refractivity contribution in [2.24, 2.45) is 0 Å². The van der Waals surface area contributed by atoms with Crippen LogP contribution in [0.3, 0.4) is 0 Å². The maximum Gasteiger partial charge on any atom is 0.256 e. The summed E-state index contributed by atoms with van der Waals surface area (Å²) in [6.45, 7) is 9.23. The first-order chi connectivity index (χ1) is 11.7. The fraction of sp³-hybridized carbons (Fsp3) is 0.389. The van der Waals surface area contributed by atoms with Crippen LogP contribution in [0.1, 0.15) is 22.8 Å². The lowest BCUT2D eigenvalue weighted by Gasteiger charge is -2.34. The minimum Gasteiger partial charge on any atom is -0.353 e. The van der Waals surface area contributed by atoms with Gasteiger partial charge in [-0.15, -0.1) is 10.2 Å². The van der Waals surface area contributed by atoms with Crippen LogP contribution in [-0.4, -0.2) is 53.7 Å². The molecule has 0 spiro atoms. The summed E-state index contributed by atoms with van der Waals surface area (Å²) in [5.74, 6) is 1.16. The third kappa shape index (κ3) is 3.89. The Morgan fingerprint density at radius 3 is 2.54 bits per heavy atom. The van der Waals surface area contributed by atoms with Gasteiger partial charge in [0, 0.05) is 31.7 Å².